The Hall–Kier alpha value is -0.610. The van der Waals surface area contributed by atoms with Crippen LogP contribution < -0.4 is 5.32 Å². The number of nitrogens with zero attached hydrogens (tertiary/aromatic N) is 1. The number of aliphatic carboxylic acids is 1. The van der Waals surface area contributed by atoms with Gasteiger partial charge in [0.2, 0.25) is 0 Å². The van der Waals surface area contributed by atoms with Crippen LogP contribution in [0, 0.1) is 5.41 Å². The zero-order valence-electron chi connectivity index (χ0n) is 13.2. The molecule has 0 aromatic rings. The highest BCUT2D eigenvalue weighted by molar-refractivity contribution is 5.78. The summed E-state index contributed by atoms with van der Waals surface area (Å²) in [6.07, 6.45) is 6.68. The largest absolute Gasteiger partial charge is 0.480 e. The van der Waals surface area contributed by atoms with Crippen molar-refractivity contribution in [1.82, 2.24) is 10.2 Å². The molecule has 1 saturated carbocycles. The third-order valence-corrected chi connectivity index (χ3v) is 5.52. The molecule has 1 unspecified atom stereocenters. The molecule has 0 bridgehead atoms. The van der Waals surface area contributed by atoms with E-state index >= 15 is 0 Å². The standard InChI is InChI=1S/C16H30N2O2/c1-4-16(5-2)9-11-18(12-16)10-8-15(3,14(19)20)17-13-6-7-13/h13,17H,4-12H2,1-3H3,(H,19,20). The van der Waals surface area contributed by atoms with Crippen LogP contribution in [-0.2, 0) is 4.79 Å². The fourth-order valence-corrected chi connectivity index (χ4v) is 3.35. The topological polar surface area (TPSA) is 52.6 Å². The highest BCUT2D eigenvalue weighted by atomic mass is 16.4. The van der Waals surface area contributed by atoms with Crippen molar-refractivity contribution in [2.45, 2.75) is 70.9 Å². The van der Waals surface area contributed by atoms with Crippen molar-refractivity contribution in [3.8, 4) is 0 Å². The Bertz CT molecular complexity index is 350. The molecular weight excluding hydrogens is 252 g/mol. The minimum absolute atomic E-state index is 0.431. The van der Waals surface area contributed by atoms with Gasteiger partial charge in [-0.25, -0.2) is 0 Å². The van der Waals surface area contributed by atoms with Gasteiger partial charge in [-0.2, -0.15) is 0 Å². The van der Waals surface area contributed by atoms with Crippen LogP contribution in [0.5, 0.6) is 0 Å². The van der Waals surface area contributed by atoms with Crippen LogP contribution in [-0.4, -0.2) is 47.2 Å². The van der Waals surface area contributed by atoms with E-state index in [1.165, 1.54) is 19.3 Å². The lowest BCUT2D eigenvalue weighted by atomic mass is 9.82. The van der Waals surface area contributed by atoms with E-state index in [4.69, 9.17) is 0 Å². The smallest absolute Gasteiger partial charge is 0.323 e. The average Bonchev–Trinajstić information content (AvgIpc) is 3.13. The average molecular weight is 282 g/mol. The third kappa shape index (κ3) is 3.53. The number of likely N-dealkylation sites (tertiary alicyclic amines) is 1. The minimum Gasteiger partial charge on any atom is -0.480 e. The molecule has 1 aliphatic carbocycles. The zero-order valence-corrected chi connectivity index (χ0v) is 13.2. The fourth-order valence-electron chi connectivity index (χ4n) is 3.35. The van der Waals surface area contributed by atoms with Crippen molar-refractivity contribution in [3.63, 3.8) is 0 Å². The van der Waals surface area contributed by atoms with E-state index in [0.29, 0.717) is 17.9 Å². The lowest BCUT2D eigenvalue weighted by molar-refractivity contribution is -0.144. The van der Waals surface area contributed by atoms with Gasteiger partial charge in [-0.3, -0.25) is 10.1 Å². The summed E-state index contributed by atoms with van der Waals surface area (Å²) in [6.45, 7) is 9.56. The molecule has 2 fully saturated rings. The van der Waals surface area contributed by atoms with E-state index in [2.05, 4.69) is 24.1 Å². The van der Waals surface area contributed by atoms with Crippen LogP contribution in [0.3, 0.4) is 0 Å². The Morgan fingerprint density at radius 3 is 2.50 bits per heavy atom. The maximum atomic E-state index is 11.5. The van der Waals surface area contributed by atoms with Gasteiger partial charge < -0.3 is 10.0 Å². The predicted molar refractivity (Wildman–Crippen MR) is 80.9 cm³/mol. The molecule has 0 radical (unpaired) electrons. The molecule has 4 heteroatoms. The second kappa shape index (κ2) is 6.02. The summed E-state index contributed by atoms with van der Waals surface area (Å²) in [7, 11) is 0. The Balaban J connectivity index is 1.85. The van der Waals surface area contributed by atoms with Gasteiger partial charge in [-0.05, 0) is 57.4 Å². The number of nitrogens with one attached hydrogen (secondary N) is 1. The van der Waals surface area contributed by atoms with E-state index in [0.717, 1.165) is 32.5 Å². The Kier molecular flexibility index (Phi) is 4.75. The lowest BCUT2D eigenvalue weighted by Crippen LogP contribution is -2.52. The van der Waals surface area contributed by atoms with E-state index in [-0.39, 0.29) is 0 Å². The molecule has 0 aromatic carbocycles. The van der Waals surface area contributed by atoms with Gasteiger partial charge in [-0.15, -0.1) is 0 Å². The Labute approximate surface area is 122 Å². The SMILES string of the molecule is CCC1(CC)CCN(CCC(C)(NC2CC2)C(=O)O)C1. The molecule has 2 rings (SSSR count). The molecule has 1 atom stereocenters. The maximum absolute atomic E-state index is 11.5. The van der Waals surface area contributed by atoms with E-state index in [1.807, 2.05) is 6.92 Å². The number of carboxylic acids is 1. The van der Waals surface area contributed by atoms with Gasteiger partial charge in [0.1, 0.15) is 5.54 Å². The molecular formula is C16H30N2O2. The van der Waals surface area contributed by atoms with Crippen molar-refractivity contribution in [2.75, 3.05) is 19.6 Å². The van der Waals surface area contributed by atoms with Gasteiger partial charge in [0.05, 0.1) is 0 Å². The normalized spacial score (nSPS) is 25.6. The number of hydrogen-bond donors (Lipinski definition) is 2. The van der Waals surface area contributed by atoms with Crippen molar-refractivity contribution >= 4 is 5.97 Å². The summed E-state index contributed by atoms with van der Waals surface area (Å²) in [5.41, 5.74) is -0.283. The first-order valence-corrected chi connectivity index (χ1v) is 8.16. The van der Waals surface area contributed by atoms with Gasteiger partial charge in [0, 0.05) is 19.1 Å². The molecule has 20 heavy (non-hydrogen) atoms. The summed E-state index contributed by atoms with van der Waals surface area (Å²) in [4.78, 5) is 14.0. The maximum Gasteiger partial charge on any atom is 0.323 e. The highest BCUT2D eigenvalue weighted by Gasteiger charge is 2.40. The summed E-state index contributed by atoms with van der Waals surface area (Å²) >= 11 is 0. The van der Waals surface area contributed by atoms with E-state index in [9.17, 15) is 9.90 Å². The predicted octanol–water partition coefficient (Wildman–Crippen LogP) is 2.48. The Morgan fingerprint density at radius 2 is 2.05 bits per heavy atom. The van der Waals surface area contributed by atoms with Gasteiger partial charge in [0.25, 0.3) is 0 Å². The number of rotatable bonds is 8. The number of carboxylic acid groups (broad SMARTS) is 1. The second-order valence-electron chi connectivity index (χ2n) is 7.04. The zero-order chi connectivity index (χ0) is 14.8. The third-order valence-electron chi connectivity index (χ3n) is 5.52. The number of carbonyl (C=O) groups is 1. The Morgan fingerprint density at radius 1 is 1.40 bits per heavy atom. The quantitative estimate of drug-likeness (QED) is 0.718. The molecule has 0 aromatic heterocycles. The first kappa shape index (κ1) is 15.8. The molecule has 2 aliphatic rings. The van der Waals surface area contributed by atoms with Crippen LogP contribution in [0.4, 0.5) is 0 Å². The molecule has 116 valence electrons. The summed E-state index contributed by atoms with van der Waals surface area (Å²) in [6, 6.07) is 0.431. The summed E-state index contributed by atoms with van der Waals surface area (Å²) in [5, 5.41) is 12.8. The summed E-state index contributed by atoms with van der Waals surface area (Å²) in [5.74, 6) is -0.708. The van der Waals surface area contributed by atoms with Crippen molar-refractivity contribution in [2.24, 2.45) is 5.41 Å². The molecule has 2 N–H and O–H groups in total. The summed E-state index contributed by atoms with van der Waals surface area (Å²) < 4.78 is 0. The molecule has 4 nitrogen and oxygen atoms in total. The molecule has 1 aliphatic heterocycles. The number of hydrogen-bond acceptors (Lipinski definition) is 3. The van der Waals surface area contributed by atoms with Crippen LogP contribution in [0.15, 0.2) is 0 Å². The van der Waals surface area contributed by atoms with Crippen LogP contribution in [0.2, 0.25) is 0 Å². The van der Waals surface area contributed by atoms with E-state index < -0.39 is 11.5 Å². The van der Waals surface area contributed by atoms with Crippen molar-refractivity contribution < 1.29 is 9.90 Å². The molecule has 0 spiro atoms. The van der Waals surface area contributed by atoms with Crippen LogP contribution in [0.1, 0.15) is 59.3 Å². The van der Waals surface area contributed by atoms with Crippen LogP contribution in [0.25, 0.3) is 0 Å². The van der Waals surface area contributed by atoms with E-state index in [1.54, 1.807) is 0 Å². The molecule has 1 heterocycles. The minimum atomic E-state index is -0.759. The van der Waals surface area contributed by atoms with Gasteiger partial charge in [0.15, 0.2) is 0 Å². The fraction of sp³-hybridized carbons (Fsp3) is 0.938. The van der Waals surface area contributed by atoms with Crippen molar-refractivity contribution in [3.05, 3.63) is 0 Å². The lowest BCUT2D eigenvalue weighted by Gasteiger charge is -2.30. The van der Waals surface area contributed by atoms with Gasteiger partial charge >= 0.3 is 5.97 Å². The van der Waals surface area contributed by atoms with Crippen LogP contribution >= 0.6 is 0 Å². The highest BCUT2D eigenvalue weighted by Crippen LogP contribution is 2.37. The van der Waals surface area contributed by atoms with Crippen molar-refractivity contribution in [1.29, 1.82) is 0 Å². The second-order valence-corrected chi connectivity index (χ2v) is 7.04. The monoisotopic (exact) mass is 282 g/mol. The first-order chi connectivity index (χ1) is 9.43. The molecule has 1 saturated heterocycles. The molecule has 0 amide bonds. The van der Waals surface area contributed by atoms with Gasteiger partial charge in [-0.1, -0.05) is 13.8 Å². The first-order valence-electron chi connectivity index (χ1n) is 8.16.